The van der Waals surface area contributed by atoms with E-state index in [4.69, 9.17) is 0 Å². The van der Waals surface area contributed by atoms with Gasteiger partial charge in [-0.15, -0.1) is 0 Å². The third-order valence-electron chi connectivity index (χ3n) is 2.81. The van der Waals surface area contributed by atoms with E-state index in [1.54, 1.807) is 43.4 Å². The first-order valence-corrected chi connectivity index (χ1v) is 6.16. The first-order valence-electron chi connectivity index (χ1n) is 6.16. The van der Waals surface area contributed by atoms with Gasteiger partial charge in [-0.05, 0) is 43.3 Å². The van der Waals surface area contributed by atoms with E-state index in [2.05, 4.69) is 15.6 Å². The summed E-state index contributed by atoms with van der Waals surface area (Å²) >= 11 is 0. The summed E-state index contributed by atoms with van der Waals surface area (Å²) in [5.41, 5.74) is 2.52. The van der Waals surface area contributed by atoms with Crippen LogP contribution in [0.2, 0.25) is 0 Å². The molecule has 2 N–H and O–H groups in total. The molecule has 102 valence electrons. The highest BCUT2D eigenvalue weighted by atomic mass is 16.2. The molecule has 5 nitrogen and oxygen atoms in total. The zero-order valence-corrected chi connectivity index (χ0v) is 11.3. The molecule has 5 heteroatoms. The van der Waals surface area contributed by atoms with Crippen LogP contribution < -0.4 is 10.6 Å². The van der Waals surface area contributed by atoms with Crippen LogP contribution in [0.4, 0.5) is 5.69 Å². The molecule has 2 amide bonds. The van der Waals surface area contributed by atoms with Crippen LogP contribution in [-0.4, -0.2) is 23.8 Å². The second-order valence-electron chi connectivity index (χ2n) is 4.30. The number of benzene rings is 1. The van der Waals surface area contributed by atoms with Gasteiger partial charge < -0.3 is 10.6 Å². The summed E-state index contributed by atoms with van der Waals surface area (Å²) < 4.78 is 0. The first kappa shape index (κ1) is 13.7. The molecule has 0 saturated carbocycles. The number of nitrogens with zero attached hydrogens (tertiary/aromatic N) is 1. The van der Waals surface area contributed by atoms with Crippen molar-refractivity contribution in [2.45, 2.75) is 6.92 Å². The average Bonchev–Trinajstić information content (AvgIpc) is 2.48. The van der Waals surface area contributed by atoms with Crippen LogP contribution >= 0.6 is 0 Å². The molecule has 0 radical (unpaired) electrons. The van der Waals surface area contributed by atoms with Crippen molar-refractivity contribution in [3.05, 3.63) is 59.4 Å². The van der Waals surface area contributed by atoms with Gasteiger partial charge in [0, 0.05) is 30.2 Å². The molecule has 0 bridgehead atoms. The summed E-state index contributed by atoms with van der Waals surface area (Å²) in [4.78, 5) is 27.4. The molecule has 0 spiro atoms. The van der Waals surface area contributed by atoms with Crippen LogP contribution in [0.1, 0.15) is 26.4 Å². The maximum atomic E-state index is 12.0. The lowest BCUT2D eigenvalue weighted by atomic mass is 10.2. The van der Waals surface area contributed by atoms with Gasteiger partial charge >= 0.3 is 0 Å². The minimum atomic E-state index is -0.231. The quantitative estimate of drug-likeness (QED) is 0.895. The van der Waals surface area contributed by atoms with Gasteiger partial charge in [-0.3, -0.25) is 14.6 Å². The predicted octanol–water partition coefficient (Wildman–Crippen LogP) is 2.00. The SMILES string of the molecule is CNC(=O)c1ccc(NC(=O)c2ccc(C)nc2)cc1. The van der Waals surface area contributed by atoms with Gasteiger partial charge in [0.2, 0.25) is 0 Å². The van der Waals surface area contributed by atoms with Crippen LogP contribution in [0.25, 0.3) is 0 Å². The van der Waals surface area contributed by atoms with Crippen molar-refractivity contribution >= 4 is 17.5 Å². The Labute approximate surface area is 117 Å². The molecule has 0 saturated heterocycles. The summed E-state index contributed by atoms with van der Waals surface area (Å²) in [6.07, 6.45) is 1.53. The summed E-state index contributed by atoms with van der Waals surface area (Å²) in [6, 6.07) is 10.2. The van der Waals surface area contributed by atoms with Gasteiger partial charge in [0.1, 0.15) is 0 Å². The van der Waals surface area contributed by atoms with Crippen molar-refractivity contribution in [1.29, 1.82) is 0 Å². The molecule has 0 unspecified atom stereocenters. The second-order valence-corrected chi connectivity index (χ2v) is 4.30. The average molecular weight is 269 g/mol. The number of carbonyl (C=O) groups is 2. The van der Waals surface area contributed by atoms with Crippen LogP contribution in [0, 0.1) is 6.92 Å². The van der Waals surface area contributed by atoms with Crippen LogP contribution in [-0.2, 0) is 0 Å². The topological polar surface area (TPSA) is 71.1 Å². The Morgan fingerprint density at radius 1 is 0.950 bits per heavy atom. The molecule has 1 aromatic heterocycles. The van der Waals surface area contributed by atoms with Gasteiger partial charge in [-0.25, -0.2) is 0 Å². The van der Waals surface area contributed by atoms with Crippen LogP contribution in [0.3, 0.4) is 0 Å². The lowest BCUT2D eigenvalue weighted by Crippen LogP contribution is -2.18. The molecule has 2 rings (SSSR count). The number of rotatable bonds is 3. The number of nitrogens with one attached hydrogen (secondary N) is 2. The Morgan fingerprint density at radius 3 is 2.15 bits per heavy atom. The number of anilines is 1. The third-order valence-corrected chi connectivity index (χ3v) is 2.81. The second kappa shape index (κ2) is 5.97. The summed E-state index contributed by atoms with van der Waals surface area (Å²) in [5, 5.41) is 5.29. The molecular weight excluding hydrogens is 254 g/mol. The van der Waals surface area contributed by atoms with E-state index in [-0.39, 0.29) is 11.8 Å². The number of pyridine rings is 1. The fraction of sp³-hybridized carbons (Fsp3) is 0.133. The zero-order valence-electron chi connectivity index (χ0n) is 11.3. The maximum Gasteiger partial charge on any atom is 0.257 e. The van der Waals surface area contributed by atoms with Gasteiger partial charge in [0.15, 0.2) is 0 Å². The molecule has 0 aliphatic rings. The molecule has 2 aromatic rings. The van der Waals surface area contributed by atoms with Crippen molar-refractivity contribution in [1.82, 2.24) is 10.3 Å². The summed E-state index contributed by atoms with van der Waals surface area (Å²) in [5.74, 6) is -0.393. The standard InChI is InChI=1S/C15H15N3O2/c1-10-3-4-12(9-17-10)15(20)18-13-7-5-11(6-8-13)14(19)16-2/h3-9H,1-2H3,(H,16,19)(H,18,20). The predicted molar refractivity (Wildman–Crippen MR) is 76.8 cm³/mol. The van der Waals surface area contributed by atoms with Crippen LogP contribution in [0.15, 0.2) is 42.6 Å². The van der Waals surface area contributed by atoms with Gasteiger partial charge in [0.25, 0.3) is 11.8 Å². The number of hydrogen-bond acceptors (Lipinski definition) is 3. The number of amides is 2. The van der Waals surface area contributed by atoms with E-state index in [1.807, 2.05) is 6.92 Å². The highest BCUT2D eigenvalue weighted by molar-refractivity contribution is 6.04. The smallest absolute Gasteiger partial charge is 0.257 e. The lowest BCUT2D eigenvalue weighted by Gasteiger charge is -2.06. The molecule has 0 fully saturated rings. The van der Waals surface area contributed by atoms with Crippen molar-refractivity contribution in [2.24, 2.45) is 0 Å². The Kier molecular flexibility index (Phi) is 4.10. The molecule has 1 aromatic carbocycles. The fourth-order valence-electron chi connectivity index (χ4n) is 1.65. The van der Waals surface area contributed by atoms with Gasteiger partial charge in [-0.2, -0.15) is 0 Å². The molecular formula is C15H15N3O2. The van der Waals surface area contributed by atoms with E-state index in [0.717, 1.165) is 5.69 Å². The number of hydrogen-bond donors (Lipinski definition) is 2. The first-order chi connectivity index (χ1) is 9.60. The van der Waals surface area contributed by atoms with E-state index >= 15 is 0 Å². The zero-order chi connectivity index (χ0) is 14.5. The van der Waals surface area contributed by atoms with E-state index < -0.39 is 0 Å². The lowest BCUT2D eigenvalue weighted by molar-refractivity contribution is 0.0962. The Morgan fingerprint density at radius 2 is 1.60 bits per heavy atom. The number of aryl methyl sites for hydroxylation is 1. The summed E-state index contributed by atoms with van der Waals surface area (Å²) in [6.45, 7) is 1.86. The molecule has 0 atom stereocenters. The Bertz CT molecular complexity index is 619. The Hall–Kier alpha value is -2.69. The van der Waals surface area contributed by atoms with Crippen molar-refractivity contribution < 1.29 is 9.59 Å². The number of aromatic nitrogens is 1. The van der Waals surface area contributed by atoms with E-state index in [9.17, 15) is 9.59 Å². The minimum absolute atomic E-state index is 0.161. The minimum Gasteiger partial charge on any atom is -0.355 e. The highest BCUT2D eigenvalue weighted by Gasteiger charge is 2.07. The normalized spacial score (nSPS) is 9.90. The molecule has 20 heavy (non-hydrogen) atoms. The fourth-order valence-corrected chi connectivity index (χ4v) is 1.65. The largest absolute Gasteiger partial charge is 0.355 e. The highest BCUT2D eigenvalue weighted by Crippen LogP contribution is 2.11. The van der Waals surface area contributed by atoms with Crippen molar-refractivity contribution in [2.75, 3.05) is 12.4 Å². The van der Waals surface area contributed by atoms with E-state index in [1.165, 1.54) is 6.20 Å². The summed E-state index contributed by atoms with van der Waals surface area (Å²) in [7, 11) is 1.57. The van der Waals surface area contributed by atoms with E-state index in [0.29, 0.717) is 16.8 Å². The Balaban J connectivity index is 2.08. The monoisotopic (exact) mass is 269 g/mol. The third kappa shape index (κ3) is 3.20. The molecule has 0 aliphatic carbocycles. The van der Waals surface area contributed by atoms with Gasteiger partial charge in [0.05, 0.1) is 5.56 Å². The van der Waals surface area contributed by atoms with Crippen molar-refractivity contribution in [3.63, 3.8) is 0 Å². The maximum absolute atomic E-state index is 12.0. The molecule has 0 aliphatic heterocycles. The van der Waals surface area contributed by atoms with Crippen LogP contribution in [0.5, 0.6) is 0 Å². The van der Waals surface area contributed by atoms with Gasteiger partial charge in [-0.1, -0.05) is 0 Å². The molecule has 1 heterocycles. The van der Waals surface area contributed by atoms with Crippen molar-refractivity contribution in [3.8, 4) is 0 Å². The number of carbonyl (C=O) groups excluding carboxylic acids is 2.